The highest BCUT2D eigenvalue weighted by atomic mass is 79.9. The number of amides is 2. The number of aromatic nitrogens is 2. The number of carbonyl (C=O) groups excluding carboxylic acids is 2. The molecule has 2 amide bonds. The summed E-state index contributed by atoms with van der Waals surface area (Å²) in [6, 6.07) is 13.5. The molecule has 0 aliphatic heterocycles. The van der Waals surface area contributed by atoms with Gasteiger partial charge in [-0.15, -0.1) is 0 Å². The van der Waals surface area contributed by atoms with Crippen LogP contribution in [0.3, 0.4) is 0 Å². The molecule has 7 heteroatoms. The first-order valence-corrected chi connectivity index (χ1v) is 7.84. The molecule has 0 aliphatic rings. The van der Waals surface area contributed by atoms with Crippen LogP contribution in [0.1, 0.15) is 20.7 Å². The van der Waals surface area contributed by atoms with E-state index in [9.17, 15) is 9.59 Å². The van der Waals surface area contributed by atoms with Crippen molar-refractivity contribution in [2.24, 2.45) is 5.73 Å². The number of rotatable bonds is 4. The standard InChI is InChI=1S/C17H13BrN4O2/c18-13-9-20-22(10-13)15-7-3-12(4-8-15)17(24)21-14-5-1-11(2-6-14)16(19)23/h1-10H,(H2,19,23)(H,21,24). The molecule has 0 saturated heterocycles. The Morgan fingerprint density at radius 3 is 2.17 bits per heavy atom. The summed E-state index contributed by atoms with van der Waals surface area (Å²) in [5.74, 6) is -0.747. The molecule has 3 N–H and O–H groups in total. The molecule has 1 heterocycles. The molecule has 2 aromatic carbocycles. The van der Waals surface area contributed by atoms with Gasteiger partial charge in [-0.25, -0.2) is 4.68 Å². The van der Waals surface area contributed by atoms with Gasteiger partial charge in [-0.3, -0.25) is 9.59 Å². The predicted molar refractivity (Wildman–Crippen MR) is 94.2 cm³/mol. The number of nitrogens with one attached hydrogen (secondary N) is 1. The van der Waals surface area contributed by atoms with Crippen LogP contribution in [-0.2, 0) is 0 Å². The van der Waals surface area contributed by atoms with Gasteiger partial charge in [-0.2, -0.15) is 5.10 Å². The maximum Gasteiger partial charge on any atom is 0.255 e. The van der Waals surface area contributed by atoms with E-state index in [-0.39, 0.29) is 5.91 Å². The van der Waals surface area contributed by atoms with Crippen molar-refractivity contribution >= 4 is 33.4 Å². The molecule has 0 atom stereocenters. The van der Waals surface area contributed by atoms with Gasteiger partial charge >= 0.3 is 0 Å². The highest BCUT2D eigenvalue weighted by Gasteiger charge is 2.08. The number of anilines is 1. The zero-order valence-electron chi connectivity index (χ0n) is 12.4. The van der Waals surface area contributed by atoms with Gasteiger partial charge in [-0.05, 0) is 64.5 Å². The summed E-state index contributed by atoms with van der Waals surface area (Å²) in [5, 5.41) is 6.95. The van der Waals surface area contributed by atoms with Gasteiger partial charge in [0.25, 0.3) is 5.91 Å². The monoisotopic (exact) mass is 384 g/mol. The van der Waals surface area contributed by atoms with Crippen molar-refractivity contribution in [3.8, 4) is 5.69 Å². The number of carbonyl (C=O) groups is 2. The van der Waals surface area contributed by atoms with E-state index in [1.54, 1.807) is 47.3 Å². The van der Waals surface area contributed by atoms with Gasteiger partial charge in [-0.1, -0.05) is 0 Å². The van der Waals surface area contributed by atoms with Crippen molar-refractivity contribution in [3.05, 3.63) is 76.5 Å². The number of hydrogen-bond donors (Lipinski definition) is 2. The zero-order chi connectivity index (χ0) is 17.1. The van der Waals surface area contributed by atoms with Crippen LogP contribution in [0.25, 0.3) is 5.69 Å². The Morgan fingerprint density at radius 1 is 1.00 bits per heavy atom. The molecule has 0 unspecified atom stereocenters. The van der Waals surface area contributed by atoms with Crippen molar-refractivity contribution in [3.63, 3.8) is 0 Å². The second kappa shape index (κ2) is 6.67. The third kappa shape index (κ3) is 3.52. The topological polar surface area (TPSA) is 90.0 Å². The Bertz CT molecular complexity index is 886. The zero-order valence-corrected chi connectivity index (χ0v) is 14.0. The Hall–Kier alpha value is -2.93. The van der Waals surface area contributed by atoms with Gasteiger partial charge in [0.1, 0.15) is 0 Å². The molecule has 1 aromatic heterocycles. The average Bonchev–Trinajstić information content (AvgIpc) is 3.02. The smallest absolute Gasteiger partial charge is 0.255 e. The molecule has 6 nitrogen and oxygen atoms in total. The van der Waals surface area contributed by atoms with E-state index in [2.05, 4.69) is 26.3 Å². The number of hydrogen-bond acceptors (Lipinski definition) is 3. The van der Waals surface area contributed by atoms with Gasteiger partial charge in [0.05, 0.1) is 16.4 Å². The Balaban J connectivity index is 1.72. The molecule has 0 saturated carbocycles. The lowest BCUT2D eigenvalue weighted by atomic mass is 10.1. The van der Waals surface area contributed by atoms with Gasteiger partial charge in [0.15, 0.2) is 0 Å². The SMILES string of the molecule is NC(=O)c1ccc(NC(=O)c2ccc(-n3cc(Br)cn3)cc2)cc1. The van der Waals surface area contributed by atoms with Crippen molar-refractivity contribution < 1.29 is 9.59 Å². The molecule has 0 bridgehead atoms. The minimum absolute atomic E-state index is 0.241. The molecule has 0 fully saturated rings. The molecule has 120 valence electrons. The second-order valence-corrected chi connectivity index (χ2v) is 5.96. The largest absolute Gasteiger partial charge is 0.366 e. The van der Waals surface area contributed by atoms with Gasteiger partial charge in [0.2, 0.25) is 5.91 Å². The molecular weight excluding hydrogens is 372 g/mol. The van der Waals surface area contributed by atoms with E-state index in [1.165, 1.54) is 0 Å². The van der Waals surface area contributed by atoms with E-state index in [1.807, 2.05) is 18.3 Å². The normalized spacial score (nSPS) is 10.4. The number of primary amides is 1. The first kappa shape index (κ1) is 15.9. The Labute approximate surface area is 146 Å². The highest BCUT2D eigenvalue weighted by Crippen LogP contribution is 2.15. The van der Waals surface area contributed by atoms with Crippen LogP contribution >= 0.6 is 15.9 Å². The van der Waals surface area contributed by atoms with Crippen LogP contribution in [0.2, 0.25) is 0 Å². The van der Waals surface area contributed by atoms with E-state index in [0.717, 1.165) is 10.2 Å². The minimum Gasteiger partial charge on any atom is -0.366 e. The number of benzene rings is 2. The van der Waals surface area contributed by atoms with Gasteiger partial charge in [0, 0.05) is 23.0 Å². The summed E-state index contributed by atoms with van der Waals surface area (Å²) >= 11 is 3.34. The second-order valence-electron chi connectivity index (χ2n) is 5.05. The summed E-state index contributed by atoms with van der Waals surface area (Å²) < 4.78 is 2.58. The lowest BCUT2D eigenvalue weighted by Crippen LogP contribution is -2.13. The van der Waals surface area contributed by atoms with Crippen molar-refractivity contribution in [2.45, 2.75) is 0 Å². The van der Waals surface area contributed by atoms with Crippen molar-refractivity contribution in [2.75, 3.05) is 5.32 Å². The molecule has 0 radical (unpaired) electrons. The van der Waals surface area contributed by atoms with Crippen LogP contribution in [0.15, 0.2) is 65.4 Å². The third-order valence-corrected chi connectivity index (χ3v) is 3.78. The average molecular weight is 385 g/mol. The van der Waals surface area contributed by atoms with Crippen LogP contribution in [-0.4, -0.2) is 21.6 Å². The maximum absolute atomic E-state index is 12.3. The molecule has 3 aromatic rings. The number of nitrogens with zero attached hydrogens (tertiary/aromatic N) is 2. The number of halogens is 1. The first-order chi connectivity index (χ1) is 11.5. The minimum atomic E-state index is -0.506. The molecule has 0 spiro atoms. The quantitative estimate of drug-likeness (QED) is 0.724. The van der Waals surface area contributed by atoms with E-state index >= 15 is 0 Å². The van der Waals surface area contributed by atoms with Crippen LogP contribution in [0.4, 0.5) is 5.69 Å². The molecule has 3 rings (SSSR count). The highest BCUT2D eigenvalue weighted by molar-refractivity contribution is 9.10. The van der Waals surface area contributed by atoms with Crippen molar-refractivity contribution in [1.82, 2.24) is 9.78 Å². The summed E-state index contributed by atoms with van der Waals surface area (Å²) in [5.41, 5.74) is 7.53. The first-order valence-electron chi connectivity index (χ1n) is 7.05. The predicted octanol–water partition coefficient (Wildman–Crippen LogP) is 2.99. The van der Waals surface area contributed by atoms with Crippen molar-refractivity contribution in [1.29, 1.82) is 0 Å². The fourth-order valence-corrected chi connectivity index (χ4v) is 2.41. The lowest BCUT2D eigenvalue weighted by molar-refractivity contribution is 0.0998. The summed E-state index contributed by atoms with van der Waals surface area (Å²) in [4.78, 5) is 23.3. The Kier molecular flexibility index (Phi) is 4.43. The summed E-state index contributed by atoms with van der Waals surface area (Å²) in [6.45, 7) is 0. The van der Waals surface area contributed by atoms with E-state index in [0.29, 0.717) is 16.8 Å². The van der Waals surface area contributed by atoms with Crippen LogP contribution < -0.4 is 11.1 Å². The van der Waals surface area contributed by atoms with E-state index < -0.39 is 5.91 Å². The maximum atomic E-state index is 12.3. The Morgan fingerprint density at radius 2 is 1.62 bits per heavy atom. The fourth-order valence-electron chi connectivity index (χ4n) is 2.13. The van der Waals surface area contributed by atoms with Crippen LogP contribution in [0, 0.1) is 0 Å². The lowest BCUT2D eigenvalue weighted by Gasteiger charge is -2.07. The molecule has 0 aliphatic carbocycles. The van der Waals surface area contributed by atoms with Gasteiger partial charge < -0.3 is 11.1 Å². The fraction of sp³-hybridized carbons (Fsp3) is 0. The summed E-state index contributed by atoms with van der Waals surface area (Å²) in [7, 11) is 0. The van der Waals surface area contributed by atoms with Crippen LogP contribution in [0.5, 0.6) is 0 Å². The molecule has 24 heavy (non-hydrogen) atoms. The third-order valence-electron chi connectivity index (χ3n) is 3.37. The number of nitrogens with two attached hydrogens (primary N) is 1. The molecular formula is C17H13BrN4O2. The summed E-state index contributed by atoms with van der Waals surface area (Å²) in [6.07, 6.45) is 3.52. The van der Waals surface area contributed by atoms with E-state index in [4.69, 9.17) is 5.73 Å².